The maximum atomic E-state index is 11.5. The number of nitrogens with one attached hydrogen (secondary N) is 1. The highest BCUT2D eigenvalue weighted by Gasteiger charge is 2.16. The van der Waals surface area contributed by atoms with Crippen molar-refractivity contribution in [3.63, 3.8) is 0 Å². The van der Waals surface area contributed by atoms with Crippen LogP contribution in [0, 0.1) is 5.92 Å². The number of amides is 1. The number of allylic oxidation sites excluding steroid dienone is 2. The summed E-state index contributed by atoms with van der Waals surface area (Å²) >= 11 is 0. The largest absolute Gasteiger partial charge is 0.355 e. The lowest BCUT2D eigenvalue weighted by atomic mass is 10.1. The average molecular weight is 260 g/mol. The topological polar surface area (TPSA) is 66.5 Å². The third-order valence-corrected chi connectivity index (χ3v) is 4.63. The summed E-state index contributed by atoms with van der Waals surface area (Å²) in [6.07, 6.45) is 6.64. The number of hydrogen-bond acceptors (Lipinski definition) is 3. The van der Waals surface area contributed by atoms with Crippen LogP contribution in [-0.4, -0.2) is 45.0 Å². The van der Waals surface area contributed by atoms with Crippen LogP contribution in [0.25, 0.3) is 0 Å². The van der Waals surface area contributed by atoms with Gasteiger partial charge in [-0.25, -0.2) is 12.7 Å². The third-order valence-electron chi connectivity index (χ3n) is 2.80. The molecule has 98 valence electrons. The van der Waals surface area contributed by atoms with E-state index in [0.717, 1.165) is 12.8 Å². The van der Waals surface area contributed by atoms with Crippen molar-refractivity contribution in [3.05, 3.63) is 12.2 Å². The second-order valence-electron chi connectivity index (χ2n) is 4.42. The molecule has 0 saturated carbocycles. The maximum absolute atomic E-state index is 11.5. The molecule has 0 fully saturated rings. The van der Waals surface area contributed by atoms with Crippen LogP contribution in [0.4, 0.5) is 0 Å². The first-order chi connectivity index (χ1) is 7.92. The Hall–Kier alpha value is -0.880. The Kier molecular flexibility index (Phi) is 5.14. The molecular formula is C11H20N2O3S. The van der Waals surface area contributed by atoms with Crippen molar-refractivity contribution in [2.75, 3.05) is 26.4 Å². The molecule has 0 aliphatic heterocycles. The predicted molar refractivity (Wildman–Crippen MR) is 67.0 cm³/mol. The number of carbonyl (C=O) groups is 1. The van der Waals surface area contributed by atoms with Gasteiger partial charge in [0.25, 0.3) is 0 Å². The summed E-state index contributed by atoms with van der Waals surface area (Å²) in [5, 5.41) is 2.64. The van der Waals surface area contributed by atoms with Gasteiger partial charge < -0.3 is 5.32 Å². The van der Waals surface area contributed by atoms with Gasteiger partial charge in [-0.2, -0.15) is 0 Å². The number of nitrogens with zero attached hydrogens (tertiary/aromatic N) is 1. The van der Waals surface area contributed by atoms with Gasteiger partial charge in [-0.15, -0.1) is 0 Å². The molecule has 0 aromatic rings. The molecule has 1 N–H and O–H groups in total. The quantitative estimate of drug-likeness (QED) is 0.701. The van der Waals surface area contributed by atoms with E-state index < -0.39 is 10.0 Å². The van der Waals surface area contributed by atoms with Crippen LogP contribution in [0.1, 0.15) is 19.3 Å². The van der Waals surface area contributed by atoms with Gasteiger partial charge >= 0.3 is 0 Å². The van der Waals surface area contributed by atoms with E-state index >= 15 is 0 Å². The highest BCUT2D eigenvalue weighted by atomic mass is 32.2. The number of rotatable bonds is 6. The van der Waals surface area contributed by atoms with Crippen molar-refractivity contribution in [1.82, 2.24) is 9.62 Å². The molecular weight excluding hydrogens is 240 g/mol. The summed E-state index contributed by atoms with van der Waals surface area (Å²) in [4.78, 5) is 11.5. The Bertz CT molecular complexity index is 388. The standard InChI is InChI=1S/C11H20N2O3S/c1-13(2)17(15,16)8-7-12-11(14)9-10-5-3-4-6-10/h3,5,10H,4,6-9H2,1-2H3,(H,12,14)/t10-/m0/s1. The molecule has 0 aromatic carbocycles. The first kappa shape index (κ1) is 14.2. The van der Waals surface area contributed by atoms with Crippen LogP contribution in [0.3, 0.4) is 0 Å². The van der Waals surface area contributed by atoms with E-state index in [2.05, 4.69) is 17.5 Å². The van der Waals surface area contributed by atoms with Gasteiger partial charge in [-0.1, -0.05) is 12.2 Å². The number of carbonyl (C=O) groups excluding carboxylic acids is 1. The van der Waals surface area contributed by atoms with E-state index in [0.29, 0.717) is 12.3 Å². The van der Waals surface area contributed by atoms with Crippen molar-refractivity contribution >= 4 is 15.9 Å². The van der Waals surface area contributed by atoms with Crippen molar-refractivity contribution in [2.45, 2.75) is 19.3 Å². The summed E-state index contributed by atoms with van der Waals surface area (Å²) in [6, 6.07) is 0. The maximum Gasteiger partial charge on any atom is 0.220 e. The van der Waals surface area contributed by atoms with Crippen LogP contribution >= 0.6 is 0 Å². The average Bonchev–Trinajstić information content (AvgIpc) is 2.69. The van der Waals surface area contributed by atoms with E-state index in [9.17, 15) is 13.2 Å². The summed E-state index contributed by atoms with van der Waals surface area (Å²) < 4.78 is 24.0. The third kappa shape index (κ3) is 4.87. The van der Waals surface area contributed by atoms with E-state index in [4.69, 9.17) is 0 Å². The highest BCUT2D eigenvalue weighted by Crippen LogP contribution is 2.19. The summed E-state index contributed by atoms with van der Waals surface area (Å²) in [6.45, 7) is 0.176. The van der Waals surface area contributed by atoms with Crippen LogP contribution < -0.4 is 5.32 Å². The van der Waals surface area contributed by atoms with Crippen LogP contribution in [0.5, 0.6) is 0 Å². The summed E-state index contributed by atoms with van der Waals surface area (Å²) in [5.74, 6) is 0.197. The smallest absolute Gasteiger partial charge is 0.220 e. The molecule has 1 atom stereocenters. The Labute approximate surface area is 103 Å². The molecule has 1 rings (SSSR count). The second-order valence-corrected chi connectivity index (χ2v) is 6.72. The van der Waals surface area contributed by atoms with Gasteiger partial charge in [0.15, 0.2) is 0 Å². The lowest BCUT2D eigenvalue weighted by Crippen LogP contribution is -2.34. The zero-order valence-corrected chi connectivity index (χ0v) is 11.2. The number of sulfonamides is 1. The fourth-order valence-corrected chi connectivity index (χ4v) is 2.40. The minimum Gasteiger partial charge on any atom is -0.355 e. The Balaban J connectivity index is 2.22. The SMILES string of the molecule is CN(C)S(=O)(=O)CCNC(=O)C[C@H]1C=CCC1. The fraction of sp³-hybridized carbons (Fsp3) is 0.727. The van der Waals surface area contributed by atoms with Crippen molar-refractivity contribution in [3.8, 4) is 0 Å². The molecule has 5 nitrogen and oxygen atoms in total. The van der Waals surface area contributed by atoms with Gasteiger partial charge in [0.05, 0.1) is 5.75 Å². The molecule has 1 aliphatic rings. The Morgan fingerprint density at radius 2 is 2.18 bits per heavy atom. The molecule has 0 spiro atoms. The minimum atomic E-state index is -3.22. The lowest BCUT2D eigenvalue weighted by Gasteiger charge is -2.12. The van der Waals surface area contributed by atoms with Gasteiger partial charge in [-0.3, -0.25) is 4.79 Å². The molecule has 0 radical (unpaired) electrons. The van der Waals surface area contributed by atoms with Crippen LogP contribution in [-0.2, 0) is 14.8 Å². The molecule has 0 bridgehead atoms. The first-order valence-electron chi connectivity index (χ1n) is 5.75. The minimum absolute atomic E-state index is 0.0494. The van der Waals surface area contributed by atoms with Crippen LogP contribution in [0.2, 0.25) is 0 Å². The van der Waals surface area contributed by atoms with E-state index in [1.54, 1.807) is 0 Å². The lowest BCUT2D eigenvalue weighted by molar-refractivity contribution is -0.121. The Morgan fingerprint density at radius 1 is 1.47 bits per heavy atom. The highest BCUT2D eigenvalue weighted by molar-refractivity contribution is 7.89. The monoisotopic (exact) mass is 260 g/mol. The van der Waals surface area contributed by atoms with Gasteiger partial charge in [0.2, 0.25) is 15.9 Å². The van der Waals surface area contributed by atoms with Gasteiger partial charge in [-0.05, 0) is 18.8 Å². The molecule has 1 amide bonds. The fourth-order valence-electron chi connectivity index (χ4n) is 1.68. The molecule has 6 heteroatoms. The van der Waals surface area contributed by atoms with E-state index in [1.165, 1.54) is 18.4 Å². The predicted octanol–water partition coefficient (Wildman–Crippen LogP) is 0.350. The van der Waals surface area contributed by atoms with Crippen molar-refractivity contribution < 1.29 is 13.2 Å². The van der Waals surface area contributed by atoms with Crippen LogP contribution in [0.15, 0.2) is 12.2 Å². The van der Waals surface area contributed by atoms with E-state index in [-0.39, 0.29) is 18.2 Å². The number of hydrogen-bond donors (Lipinski definition) is 1. The van der Waals surface area contributed by atoms with E-state index in [1.807, 2.05) is 0 Å². The zero-order chi connectivity index (χ0) is 12.9. The Morgan fingerprint density at radius 3 is 2.71 bits per heavy atom. The van der Waals surface area contributed by atoms with Gasteiger partial charge in [0, 0.05) is 27.1 Å². The molecule has 0 saturated heterocycles. The normalized spacial score (nSPS) is 19.8. The molecule has 0 aromatic heterocycles. The summed E-state index contributed by atoms with van der Waals surface area (Å²) in [5.41, 5.74) is 0. The summed E-state index contributed by atoms with van der Waals surface area (Å²) in [7, 11) is -0.243. The molecule has 1 aliphatic carbocycles. The molecule has 0 unspecified atom stereocenters. The molecule has 17 heavy (non-hydrogen) atoms. The zero-order valence-electron chi connectivity index (χ0n) is 10.3. The van der Waals surface area contributed by atoms with Gasteiger partial charge in [0.1, 0.15) is 0 Å². The molecule has 0 heterocycles. The second kappa shape index (κ2) is 6.16. The van der Waals surface area contributed by atoms with Crippen molar-refractivity contribution in [1.29, 1.82) is 0 Å². The van der Waals surface area contributed by atoms with Crippen molar-refractivity contribution in [2.24, 2.45) is 5.92 Å². The first-order valence-corrected chi connectivity index (χ1v) is 7.36.